The van der Waals surface area contributed by atoms with Gasteiger partial charge in [-0.15, -0.1) is 0 Å². The number of halogens is 4. The van der Waals surface area contributed by atoms with Crippen LogP contribution in [0.1, 0.15) is 0 Å². The summed E-state index contributed by atoms with van der Waals surface area (Å²) in [5, 5.41) is 0.285. The van der Waals surface area contributed by atoms with Crippen LogP contribution in [-0.4, -0.2) is 19.9 Å². The molecule has 0 fully saturated rings. The topological polar surface area (TPSA) is 18.5 Å². The van der Waals surface area contributed by atoms with Gasteiger partial charge in [0.25, 0.3) is 0 Å². The molecule has 0 saturated carbocycles. The number of methoxy groups -OCH3 is 1. The zero-order chi connectivity index (χ0) is 11.5. The lowest BCUT2D eigenvalue weighted by molar-refractivity contribution is -0.153. The molecule has 0 atom stereocenters. The average Bonchev–Trinajstić information content (AvgIpc) is 2.14. The average molecular weight is 241 g/mol. The Balaban J connectivity index is 2.79. The van der Waals surface area contributed by atoms with E-state index in [4.69, 9.17) is 16.3 Å². The number of alkyl halides is 3. The lowest BCUT2D eigenvalue weighted by Crippen LogP contribution is -2.19. The van der Waals surface area contributed by atoms with Crippen molar-refractivity contribution in [3.8, 4) is 11.5 Å². The first-order chi connectivity index (χ1) is 6.92. The molecule has 0 unspecified atom stereocenters. The molecule has 1 aromatic rings. The molecular weight excluding hydrogens is 233 g/mol. The summed E-state index contributed by atoms with van der Waals surface area (Å²) < 4.78 is 45.0. The molecular formula is C9H8ClF3O2. The van der Waals surface area contributed by atoms with E-state index in [9.17, 15) is 13.2 Å². The Kier molecular flexibility index (Phi) is 3.68. The van der Waals surface area contributed by atoms with Crippen molar-refractivity contribution in [1.29, 1.82) is 0 Å². The van der Waals surface area contributed by atoms with Gasteiger partial charge in [0.1, 0.15) is 0 Å². The Labute approximate surface area is 89.6 Å². The van der Waals surface area contributed by atoms with Gasteiger partial charge < -0.3 is 9.47 Å². The molecule has 0 spiro atoms. The van der Waals surface area contributed by atoms with Crippen LogP contribution in [-0.2, 0) is 0 Å². The highest BCUT2D eigenvalue weighted by Crippen LogP contribution is 2.31. The number of hydrogen-bond donors (Lipinski definition) is 0. The van der Waals surface area contributed by atoms with Gasteiger partial charge >= 0.3 is 6.18 Å². The normalized spacial score (nSPS) is 11.3. The Hall–Kier alpha value is -1.10. The van der Waals surface area contributed by atoms with Crippen molar-refractivity contribution < 1.29 is 22.6 Å². The van der Waals surface area contributed by atoms with Gasteiger partial charge in [0.05, 0.1) is 7.11 Å². The van der Waals surface area contributed by atoms with Gasteiger partial charge in [-0.1, -0.05) is 11.6 Å². The highest BCUT2D eigenvalue weighted by molar-refractivity contribution is 6.30. The molecule has 0 aromatic heterocycles. The fourth-order valence-corrected chi connectivity index (χ4v) is 1.09. The fraction of sp³-hybridized carbons (Fsp3) is 0.333. The van der Waals surface area contributed by atoms with Crippen LogP contribution in [0.4, 0.5) is 13.2 Å². The van der Waals surface area contributed by atoms with E-state index in [0.717, 1.165) is 0 Å². The SMILES string of the molecule is COc1ccc(Cl)cc1OCC(F)(F)F. The van der Waals surface area contributed by atoms with Crippen LogP contribution in [0.2, 0.25) is 5.02 Å². The van der Waals surface area contributed by atoms with Gasteiger partial charge in [-0.05, 0) is 12.1 Å². The zero-order valence-corrected chi connectivity index (χ0v) is 8.52. The molecule has 2 nitrogen and oxygen atoms in total. The molecule has 15 heavy (non-hydrogen) atoms. The Morgan fingerprint density at radius 2 is 1.93 bits per heavy atom. The van der Waals surface area contributed by atoms with E-state index < -0.39 is 12.8 Å². The minimum Gasteiger partial charge on any atom is -0.493 e. The van der Waals surface area contributed by atoms with Crippen LogP contribution in [0.25, 0.3) is 0 Å². The van der Waals surface area contributed by atoms with Crippen LogP contribution in [0, 0.1) is 0 Å². The fourth-order valence-electron chi connectivity index (χ4n) is 0.923. The summed E-state index contributed by atoms with van der Waals surface area (Å²) in [7, 11) is 1.34. The van der Waals surface area contributed by atoms with Gasteiger partial charge in [0.15, 0.2) is 18.1 Å². The quantitative estimate of drug-likeness (QED) is 0.807. The number of ether oxygens (including phenoxy) is 2. The molecule has 0 amide bonds. The molecule has 0 bridgehead atoms. The van der Waals surface area contributed by atoms with Gasteiger partial charge in [-0.3, -0.25) is 0 Å². The summed E-state index contributed by atoms with van der Waals surface area (Å²) in [4.78, 5) is 0. The van der Waals surface area contributed by atoms with Crippen LogP contribution in [0.5, 0.6) is 11.5 Å². The second-order valence-corrected chi connectivity index (χ2v) is 3.14. The lowest BCUT2D eigenvalue weighted by atomic mass is 10.3. The molecule has 0 aliphatic rings. The summed E-state index contributed by atoms with van der Waals surface area (Å²) >= 11 is 5.61. The first-order valence-corrected chi connectivity index (χ1v) is 4.33. The molecule has 84 valence electrons. The third-order valence-corrected chi connectivity index (χ3v) is 1.75. The van der Waals surface area contributed by atoms with E-state index in [1.54, 1.807) is 0 Å². The van der Waals surface area contributed by atoms with E-state index in [1.165, 1.54) is 25.3 Å². The molecule has 0 saturated heterocycles. The van der Waals surface area contributed by atoms with Gasteiger partial charge in [-0.2, -0.15) is 13.2 Å². The molecule has 0 radical (unpaired) electrons. The monoisotopic (exact) mass is 240 g/mol. The van der Waals surface area contributed by atoms with E-state index in [0.29, 0.717) is 0 Å². The molecule has 0 N–H and O–H groups in total. The van der Waals surface area contributed by atoms with E-state index in [2.05, 4.69) is 4.74 Å². The minimum atomic E-state index is -4.38. The standard InChI is InChI=1S/C9H8ClF3O2/c1-14-7-3-2-6(10)4-8(7)15-5-9(11,12)13/h2-4H,5H2,1H3. The predicted octanol–water partition coefficient (Wildman–Crippen LogP) is 3.29. The Morgan fingerprint density at radius 1 is 1.27 bits per heavy atom. The summed E-state index contributed by atoms with van der Waals surface area (Å²) in [5.41, 5.74) is 0. The highest BCUT2D eigenvalue weighted by atomic mass is 35.5. The van der Waals surface area contributed by atoms with Gasteiger partial charge in [0.2, 0.25) is 0 Å². The largest absolute Gasteiger partial charge is 0.493 e. The highest BCUT2D eigenvalue weighted by Gasteiger charge is 2.29. The van der Waals surface area contributed by atoms with Crippen molar-refractivity contribution in [2.45, 2.75) is 6.18 Å². The van der Waals surface area contributed by atoms with Crippen LogP contribution >= 0.6 is 11.6 Å². The third-order valence-electron chi connectivity index (χ3n) is 1.52. The van der Waals surface area contributed by atoms with Crippen molar-refractivity contribution in [3.63, 3.8) is 0 Å². The van der Waals surface area contributed by atoms with Crippen molar-refractivity contribution in [2.75, 3.05) is 13.7 Å². The maximum atomic E-state index is 11.9. The second-order valence-electron chi connectivity index (χ2n) is 2.70. The van der Waals surface area contributed by atoms with Crippen LogP contribution in [0.3, 0.4) is 0 Å². The molecule has 0 heterocycles. The smallest absolute Gasteiger partial charge is 0.422 e. The first-order valence-electron chi connectivity index (χ1n) is 3.95. The molecule has 1 rings (SSSR count). The van der Waals surface area contributed by atoms with E-state index in [1.807, 2.05) is 0 Å². The van der Waals surface area contributed by atoms with E-state index >= 15 is 0 Å². The van der Waals surface area contributed by atoms with Crippen molar-refractivity contribution in [3.05, 3.63) is 23.2 Å². The number of benzene rings is 1. The zero-order valence-electron chi connectivity index (χ0n) is 7.77. The Morgan fingerprint density at radius 3 is 2.47 bits per heavy atom. The molecule has 1 aromatic carbocycles. The molecule has 6 heteroatoms. The molecule has 0 aliphatic carbocycles. The van der Waals surface area contributed by atoms with Crippen molar-refractivity contribution in [1.82, 2.24) is 0 Å². The van der Waals surface area contributed by atoms with Crippen molar-refractivity contribution >= 4 is 11.6 Å². The van der Waals surface area contributed by atoms with E-state index in [-0.39, 0.29) is 16.5 Å². The summed E-state index contributed by atoms with van der Waals surface area (Å²) in [6.45, 7) is -1.37. The third kappa shape index (κ3) is 3.87. The number of rotatable bonds is 3. The molecule has 0 aliphatic heterocycles. The number of hydrogen-bond acceptors (Lipinski definition) is 2. The lowest BCUT2D eigenvalue weighted by Gasteiger charge is -2.12. The minimum absolute atomic E-state index is 0.0256. The summed E-state index contributed by atoms with van der Waals surface area (Å²) in [6, 6.07) is 4.21. The maximum absolute atomic E-state index is 11.9. The van der Waals surface area contributed by atoms with Crippen molar-refractivity contribution in [2.24, 2.45) is 0 Å². The first kappa shape index (κ1) is 12.0. The summed E-state index contributed by atoms with van der Waals surface area (Å²) in [5.74, 6) is 0.186. The predicted molar refractivity (Wildman–Crippen MR) is 49.6 cm³/mol. The summed E-state index contributed by atoms with van der Waals surface area (Å²) in [6.07, 6.45) is -4.38. The van der Waals surface area contributed by atoms with Crippen LogP contribution < -0.4 is 9.47 Å². The van der Waals surface area contributed by atoms with Crippen LogP contribution in [0.15, 0.2) is 18.2 Å². The second kappa shape index (κ2) is 4.61. The van der Waals surface area contributed by atoms with Gasteiger partial charge in [-0.25, -0.2) is 0 Å². The maximum Gasteiger partial charge on any atom is 0.422 e. The van der Waals surface area contributed by atoms with Gasteiger partial charge in [0, 0.05) is 11.1 Å². The Bertz CT molecular complexity index is 339.